The van der Waals surface area contributed by atoms with Crippen LogP contribution in [0.25, 0.3) is 11.0 Å². The van der Waals surface area contributed by atoms with Crippen molar-refractivity contribution in [1.29, 1.82) is 0 Å². The average Bonchev–Trinajstić information content (AvgIpc) is 2.31. The van der Waals surface area contributed by atoms with Crippen LogP contribution in [0.1, 0.15) is 5.56 Å². The van der Waals surface area contributed by atoms with E-state index in [0.717, 1.165) is 16.6 Å². The van der Waals surface area contributed by atoms with E-state index in [9.17, 15) is 0 Å². The summed E-state index contributed by atoms with van der Waals surface area (Å²) in [6.07, 6.45) is 0. The van der Waals surface area contributed by atoms with Gasteiger partial charge in [0.25, 0.3) is 0 Å². The maximum absolute atomic E-state index is 5.66. The SMILES string of the molecule is [CH2]c1cccc2[nH]c(Cl)nc12. The van der Waals surface area contributed by atoms with Crippen LogP contribution >= 0.6 is 11.6 Å². The fraction of sp³-hybridized carbons (Fsp3) is 0. The molecule has 0 spiro atoms. The molecule has 55 valence electrons. The Morgan fingerprint density at radius 1 is 1.45 bits per heavy atom. The summed E-state index contributed by atoms with van der Waals surface area (Å²) in [7, 11) is 0. The molecular weight excluding hydrogens is 160 g/mol. The van der Waals surface area contributed by atoms with Gasteiger partial charge in [-0.25, -0.2) is 4.98 Å². The monoisotopic (exact) mass is 165 g/mol. The summed E-state index contributed by atoms with van der Waals surface area (Å²) in [6, 6.07) is 5.74. The molecule has 0 aliphatic carbocycles. The van der Waals surface area contributed by atoms with Crippen molar-refractivity contribution in [2.24, 2.45) is 0 Å². The van der Waals surface area contributed by atoms with Gasteiger partial charge in [0.1, 0.15) is 0 Å². The van der Waals surface area contributed by atoms with Gasteiger partial charge in [-0.3, -0.25) is 0 Å². The summed E-state index contributed by atoms with van der Waals surface area (Å²) < 4.78 is 0. The van der Waals surface area contributed by atoms with E-state index in [1.165, 1.54) is 0 Å². The number of para-hydroxylation sites is 1. The quantitative estimate of drug-likeness (QED) is 0.638. The van der Waals surface area contributed by atoms with Crippen molar-refractivity contribution in [1.82, 2.24) is 9.97 Å². The Bertz CT molecular complexity index is 392. The molecule has 2 rings (SSSR count). The van der Waals surface area contributed by atoms with Crippen LogP contribution in [-0.4, -0.2) is 9.97 Å². The van der Waals surface area contributed by atoms with Crippen molar-refractivity contribution < 1.29 is 0 Å². The molecule has 0 saturated carbocycles. The molecule has 2 nitrogen and oxygen atoms in total. The van der Waals surface area contributed by atoms with Gasteiger partial charge in [-0.2, -0.15) is 0 Å². The number of nitrogens with zero attached hydrogens (tertiary/aromatic N) is 1. The molecule has 1 heterocycles. The van der Waals surface area contributed by atoms with E-state index in [1.807, 2.05) is 18.2 Å². The summed E-state index contributed by atoms with van der Waals surface area (Å²) in [5.41, 5.74) is 2.67. The van der Waals surface area contributed by atoms with Crippen LogP contribution in [0.4, 0.5) is 0 Å². The number of benzene rings is 1. The fourth-order valence-electron chi connectivity index (χ4n) is 1.06. The Balaban J connectivity index is 2.90. The molecule has 1 N–H and O–H groups in total. The molecule has 0 aliphatic rings. The van der Waals surface area contributed by atoms with E-state index >= 15 is 0 Å². The number of aromatic amines is 1. The van der Waals surface area contributed by atoms with Crippen molar-refractivity contribution in [3.05, 3.63) is 36.0 Å². The number of hydrogen-bond acceptors (Lipinski definition) is 1. The zero-order valence-electron chi connectivity index (χ0n) is 5.76. The second-order valence-electron chi connectivity index (χ2n) is 2.34. The number of halogens is 1. The van der Waals surface area contributed by atoms with Gasteiger partial charge in [-0.1, -0.05) is 12.1 Å². The van der Waals surface area contributed by atoms with Gasteiger partial charge in [0.05, 0.1) is 11.0 Å². The third-order valence-electron chi connectivity index (χ3n) is 1.57. The summed E-state index contributed by atoms with van der Waals surface area (Å²) in [5.74, 6) is 0. The lowest BCUT2D eigenvalue weighted by Gasteiger charge is -1.90. The van der Waals surface area contributed by atoms with Crippen LogP contribution in [-0.2, 0) is 0 Å². The van der Waals surface area contributed by atoms with Crippen LogP contribution in [0.15, 0.2) is 18.2 Å². The summed E-state index contributed by atoms with van der Waals surface area (Å²) >= 11 is 5.66. The Labute approximate surface area is 69.2 Å². The Kier molecular flexibility index (Phi) is 1.36. The largest absolute Gasteiger partial charge is 0.329 e. The average molecular weight is 166 g/mol. The Morgan fingerprint density at radius 2 is 2.27 bits per heavy atom. The Morgan fingerprint density at radius 3 is 3.00 bits per heavy atom. The molecule has 0 amide bonds. The lowest BCUT2D eigenvalue weighted by atomic mass is 10.2. The number of aromatic nitrogens is 2. The number of hydrogen-bond donors (Lipinski definition) is 1. The lowest BCUT2D eigenvalue weighted by molar-refractivity contribution is 1.34. The first-order valence-electron chi connectivity index (χ1n) is 3.23. The summed E-state index contributed by atoms with van der Waals surface area (Å²) in [5, 5.41) is 0.413. The summed E-state index contributed by atoms with van der Waals surface area (Å²) in [6.45, 7) is 3.82. The fourth-order valence-corrected chi connectivity index (χ4v) is 1.25. The maximum Gasteiger partial charge on any atom is 0.201 e. The van der Waals surface area contributed by atoms with Crippen LogP contribution in [0.3, 0.4) is 0 Å². The van der Waals surface area contributed by atoms with E-state index < -0.39 is 0 Å². The first-order valence-corrected chi connectivity index (χ1v) is 3.61. The second kappa shape index (κ2) is 2.24. The van der Waals surface area contributed by atoms with Crippen molar-refractivity contribution in [2.45, 2.75) is 0 Å². The highest BCUT2D eigenvalue weighted by Gasteiger charge is 2.00. The second-order valence-corrected chi connectivity index (χ2v) is 2.70. The van der Waals surface area contributed by atoms with Crippen molar-refractivity contribution in [2.75, 3.05) is 0 Å². The predicted molar refractivity (Wildman–Crippen MR) is 45.6 cm³/mol. The molecule has 0 aliphatic heterocycles. The smallest absolute Gasteiger partial charge is 0.201 e. The van der Waals surface area contributed by atoms with Gasteiger partial charge in [-0.15, -0.1) is 0 Å². The minimum atomic E-state index is 0.413. The molecule has 0 unspecified atom stereocenters. The predicted octanol–water partition coefficient (Wildman–Crippen LogP) is 2.40. The molecule has 0 fully saturated rings. The number of imidazole rings is 1. The van der Waals surface area contributed by atoms with Gasteiger partial charge in [0, 0.05) is 0 Å². The molecule has 11 heavy (non-hydrogen) atoms. The normalized spacial score (nSPS) is 10.7. The van der Waals surface area contributed by atoms with Gasteiger partial charge >= 0.3 is 0 Å². The molecule has 1 radical (unpaired) electrons. The maximum atomic E-state index is 5.66. The number of fused-ring (bicyclic) bond motifs is 1. The lowest BCUT2D eigenvalue weighted by Crippen LogP contribution is -1.73. The molecule has 1 aromatic heterocycles. The molecule has 0 bridgehead atoms. The number of nitrogens with one attached hydrogen (secondary N) is 1. The summed E-state index contributed by atoms with van der Waals surface area (Å²) in [4.78, 5) is 6.97. The van der Waals surface area contributed by atoms with Crippen LogP contribution in [0.2, 0.25) is 5.28 Å². The molecule has 2 aromatic rings. The van der Waals surface area contributed by atoms with E-state index in [-0.39, 0.29) is 0 Å². The van der Waals surface area contributed by atoms with Crippen LogP contribution < -0.4 is 0 Å². The van der Waals surface area contributed by atoms with Crippen molar-refractivity contribution in [3.8, 4) is 0 Å². The number of rotatable bonds is 0. The first-order chi connectivity index (χ1) is 5.27. The van der Waals surface area contributed by atoms with E-state index in [4.69, 9.17) is 11.6 Å². The topological polar surface area (TPSA) is 28.7 Å². The van der Waals surface area contributed by atoms with Gasteiger partial charge < -0.3 is 4.98 Å². The third kappa shape index (κ3) is 0.994. The van der Waals surface area contributed by atoms with E-state index in [2.05, 4.69) is 16.9 Å². The minimum absolute atomic E-state index is 0.413. The number of H-pyrrole nitrogens is 1. The minimum Gasteiger partial charge on any atom is -0.329 e. The van der Waals surface area contributed by atoms with Gasteiger partial charge in [0.15, 0.2) is 0 Å². The highest BCUT2D eigenvalue weighted by atomic mass is 35.5. The van der Waals surface area contributed by atoms with Crippen LogP contribution in [0.5, 0.6) is 0 Å². The Hall–Kier alpha value is -1.02. The van der Waals surface area contributed by atoms with Gasteiger partial charge in [0.2, 0.25) is 5.28 Å². The molecule has 0 atom stereocenters. The third-order valence-corrected chi connectivity index (χ3v) is 1.75. The standard InChI is InChI=1S/C8H6ClN2/c1-5-3-2-4-6-7(5)11-8(9)10-6/h2-4H,1H2,(H,10,11). The molecule has 3 heteroatoms. The van der Waals surface area contributed by atoms with Crippen molar-refractivity contribution in [3.63, 3.8) is 0 Å². The molecular formula is C8H6ClN2. The highest BCUT2D eigenvalue weighted by Crippen LogP contribution is 2.17. The van der Waals surface area contributed by atoms with Crippen LogP contribution in [0, 0.1) is 6.92 Å². The van der Waals surface area contributed by atoms with E-state index in [0.29, 0.717) is 5.28 Å². The van der Waals surface area contributed by atoms with Crippen molar-refractivity contribution >= 4 is 22.6 Å². The molecule has 1 aromatic carbocycles. The van der Waals surface area contributed by atoms with E-state index in [1.54, 1.807) is 0 Å². The van der Waals surface area contributed by atoms with Gasteiger partial charge in [-0.05, 0) is 30.2 Å². The molecule has 0 saturated heterocycles. The first kappa shape index (κ1) is 6.68. The highest BCUT2D eigenvalue weighted by molar-refractivity contribution is 6.29. The zero-order valence-corrected chi connectivity index (χ0v) is 6.52. The zero-order chi connectivity index (χ0) is 7.84.